The number of benzene rings is 1. The number of anilines is 1. The van der Waals surface area contributed by atoms with Crippen molar-refractivity contribution in [2.45, 2.75) is 38.1 Å². The number of urea groups is 1. The lowest BCUT2D eigenvalue weighted by atomic mass is 9.87. The van der Waals surface area contributed by atoms with Crippen LogP contribution in [0.4, 0.5) is 14.9 Å². The molecule has 0 saturated carbocycles. The first-order valence-corrected chi connectivity index (χ1v) is 7.89. The van der Waals surface area contributed by atoms with Crippen LogP contribution in [0.1, 0.15) is 32.3 Å². The highest BCUT2D eigenvalue weighted by molar-refractivity contribution is 6.03. The number of imide groups is 1. The average Bonchev–Trinajstić information content (AvgIpc) is 2.79. The van der Waals surface area contributed by atoms with Crippen molar-refractivity contribution in [2.24, 2.45) is 0 Å². The lowest BCUT2D eigenvalue weighted by Crippen LogP contribution is -2.55. The van der Waals surface area contributed by atoms with E-state index in [2.05, 4.69) is 5.32 Å². The summed E-state index contributed by atoms with van der Waals surface area (Å²) in [6.45, 7) is 4.36. The standard InChI is InChI=1S/C17H20FN3O3/c1-17(2)9-21(13-8-10(18)4-5-11(13)17)16(24)19-12-6-7-14(22)20(3)15(12)23/h4-5,8,12H,6-7,9H2,1-3H3,(H,19,24). The van der Waals surface area contributed by atoms with Gasteiger partial charge in [0.05, 0.1) is 5.69 Å². The monoisotopic (exact) mass is 333 g/mol. The third-order valence-corrected chi connectivity index (χ3v) is 4.73. The van der Waals surface area contributed by atoms with Gasteiger partial charge in [0.15, 0.2) is 0 Å². The van der Waals surface area contributed by atoms with E-state index in [9.17, 15) is 18.8 Å². The van der Waals surface area contributed by atoms with Gasteiger partial charge in [-0.2, -0.15) is 0 Å². The Balaban J connectivity index is 1.81. The lowest BCUT2D eigenvalue weighted by Gasteiger charge is -2.30. The summed E-state index contributed by atoms with van der Waals surface area (Å²) >= 11 is 0. The number of hydrogen-bond acceptors (Lipinski definition) is 3. The first kappa shape index (κ1) is 16.4. The number of likely N-dealkylation sites (tertiary alicyclic amines) is 1. The number of amides is 4. The summed E-state index contributed by atoms with van der Waals surface area (Å²) in [4.78, 5) is 38.8. The van der Waals surface area contributed by atoms with Gasteiger partial charge in [0, 0.05) is 25.4 Å². The summed E-state index contributed by atoms with van der Waals surface area (Å²) in [5.74, 6) is -1.08. The Morgan fingerprint density at radius 2 is 2.04 bits per heavy atom. The van der Waals surface area contributed by atoms with Crippen LogP contribution >= 0.6 is 0 Å². The molecule has 1 atom stereocenters. The van der Waals surface area contributed by atoms with Gasteiger partial charge in [-0.25, -0.2) is 9.18 Å². The molecule has 1 aromatic carbocycles. The molecule has 0 aromatic heterocycles. The minimum absolute atomic E-state index is 0.212. The van der Waals surface area contributed by atoms with E-state index in [0.29, 0.717) is 12.2 Å². The molecule has 1 unspecified atom stereocenters. The number of nitrogens with one attached hydrogen (secondary N) is 1. The van der Waals surface area contributed by atoms with E-state index in [-0.39, 0.29) is 24.2 Å². The zero-order valence-electron chi connectivity index (χ0n) is 13.9. The molecule has 0 radical (unpaired) electrons. The number of likely N-dealkylation sites (N-methyl/N-ethyl adjacent to an activating group) is 1. The Morgan fingerprint density at radius 1 is 1.33 bits per heavy atom. The molecule has 0 aliphatic carbocycles. The van der Waals surface area contributed by atoms with Gasteiger partial charge in [0.2, 0.25) is 5.91 Å². The molecular formula is C17H20FN3O3. The summed E-state index contributed by atoms with van der Waals surface area (Å²) in [6, 6.07) is 3.22. The van der Waals surface area contributed by atoms with Gasteiger partial charge in [0.1, 0.15) is 11.9 Å². The number of fused-ring (bicyclic) bond motifs is 1. The second-order valence-corrected chi connectivity index (χ2v) is 6.96. The van der Waals surface area contributed by atoms with Crippen LogP contribution in [-0.2, 0) is 15.0 Å². The van der Waals surface area contributed by atoms with Gasteiger partial charge in [0.25, 0.3) is 5.91 Å². The molecule has 1 saturated heterocycles. The van der Waals surface area contributed by atoms with Crippen LogP contribution in [-0.4, -0.2) is 42.4 Å². The van der Waals surface area contributed by atoms with E-state index < -0.39 is 23.8 Å². The van der Waals surface area contributed by atoms with Crippen molar-refractivity contribution in [2.75, 3.05) is 18.5 Å². The molecule has 2 aliphatic heterocycles. The summed E-state index contributed by atoms with van der Waals surface area (Å²) in [6.07, 6.45) is 0.491. The third-order valence-electron chi connectivity index (χ3n) is 4.73. The minimum atomic E-state index is -0.735. The van der Waals surface area contributed by atoms with E-state index >= 15 is 0 Å². The smallest absolute Gasteiger partial charge is 0.322 e. The molecule has 7 heteroatoms. The molecule has 2 aliphatic rings. The van der Waals surface area contributed by atoms with Crippen molar-refractivity contribution >= 4 is 23.5 Å². The highest BCUT2D eigenvalue weighted by Gasteiger charge is 2.40. The summed E-state index contributed by atoms with van der Waals surface area (Å²) in [5.41, 5.74) is 1.11. The molecule has 3 rings (SSSR count). The van der Waals surface area contributed by atoms with Crippen LogP contribution in [0.15, 0.2) is 18.2 Å². The largest absolute Gasteiger partial charge is 0.326 e. The zero-order valence-corrected chi connectivity index (χ0v) is 13.9. The van der Waals surface area contributed by atoms with Crippen molar-refractivity contribution in [3.05, 3.63) is 29.6 Å². The van der Waals surface area contributed by atoms with Gasteiger partial charge in [-0.05, 0) is 24.1 Å². The Kier molecular flexibility index (Phi) is 3.81. The Labute approximate surface area is 139 Å². The predicted molar refractivity (Wildman–Crippen MR) is 86.1 cm³/mol. The second-order valence-electron chi connectivity index (χ2n) is 6.96. The van der Waals surface area contributed by atoms with Crippen molar-refractivity contribution in [3.63, 3.8) is 0 Å². The molecule has 128 valence electrons. The quantitative estimate of drug-likeness (QED) is 0.797. The van der Waals surface area contributed by atoms with Gasteiger partial charge >= 0.3 is 6.03 Å². The van der Waals surface area contributed by atoms with Crippen LogP contribution in [0.2, 0.25) is 0 Å². The lowest BCUT2D eigenvalue weighted by molar-refractivity contribution is -0.147. The number of rotatable bonds is 1. The summed E-state index contributed by atoms with van der Waals surface area (Å²) < 4.78 is 13.6. The fraction of sp³-hybridized carbons (Fsp3) is 0.471. The van der Waals surface area contributed by atoms with Crippen molar-refractivity contribution in [1.82, 2.24) is 10.2 Å². The number of nitrogens with zero attached hydrogens (tertiary/aromatic N) is 2. The van der Waals surface area contributed by atoms with E-state index in [1.54, 1.807) is 6.07 Å². The SMILES string of the molecule is CN1C(=O)CCC(NC(=O)N2CC(C)(C)c3ccc(F)cc32)C1=O. The number of halogens is 1. The molecule has 1 aromatic rings. The normalized spacial score (nSPS) is 22.6. The topological polar surface area (TPSA) is 69.7 Å². The number of carbonyl (C=O) groups is 3. The number of hydrogen-bond donors (Lipinski definition) is 1. The van der Waals surface area contributed by atoms with Crippen LogP contribution in [0.3, 0.4) is 0 Å². The Hall–Kier alpha value is -2.44. The maximum Gasteiger partial charge on any atom is 0.322 e. The van der Waals surface area contributed by atoms with E-state index in [4.69, 9.17) is 0 Å². The van der Waals surface area contributed by atoms with Crippen molar-refractivity contribution in [3.8, 4) is 0 Å². The maximum absolute atomic E-state index is 13.6. The fourth-order valence-corrected chi connectivity index (χ4v) is 3.32. The van der Waals surface area contributed by atoms with E-state index in [0.717, 1.165) is 10.5 Å². The van der Waals surface area contributed by atoms with Gasteiger partial charge in [-0.1, -0.05) is 19.9 Å². The number of piperidine rings is 1. The zero-order chi connectivity index (χ0) is 17.6. The molecule has 24 heavy (non-hydrogen) atoms. The van der Waals surface area contributed by atoms with Crippen LogP contribution in [0.25, 0.3) is 0 Å². The highest BCUT2D eigenvalue weighted by Crippen LogP contribution is 2.40. The van der Waals surface area contributed by atoms with E-state index in [1.165, 1.54) is 24.1 Å². The van der Waals surface area contributed by atoms with Gasteiger partial charge in [-0.15, -0.1) is 0 Å². The van der Waals surface area contributed by atoms with Crippen LogP contribution < -0.4 is 10.2 Å². The molecule has 2 heterocycles. The van der Waals surface area contributed by atoms with Crippen LogP contribution in [0, 0.1) is 5.82 Å². The van der Waals surface area contributed by atoms with Gasteiger partial charge in [-0.3, -0.25) is 19.4 Å². The van der Waals surface area contributed by atoms with Gasteiger partial charge < -0.3 is 5.32 Å². The Bertz CT molecular complexity index is 732. The van der Waals surface area contributed by atoms with E-state index in [1.807, 2.05) is 13.8 Å². The molecule has 6 nitrogen and oxygen atoms in total. The highest BCUT2D eigenvalue weighted by atomic mass is 19.1. The average molecular weight is 333 g/mol. The molecular weight excluding hydrogens is 313 g/mol. The Morgan fingerprint density at radius 3 is 2.75 bits per heavy atom. The molecule has 0 bridgehead atoms. The van der Waals surface area contributed by atoms with Crippen LogP contribution in [0.5, 0.6) is 0 Å². The third kappa shape index (κ3) is 2.64. The number of carbonyl (C=O) groups excluding carboxylic acids is 3. The van der Waals surface area contributed by atoms with Crippen molar-refractivity contribution < 1.29 is 18.8 Å². The molecule has 1 fully saturated rings. The second kappa shape index (κ2) is 5.58. The molecule has 0 spiro atoms. The van der Waals surface area contributed by atoms with Crippen molar-refractivity contribution in [1.29, 1.82) is 0 Å². The molecule has 4 amide bonds. The minimum Gasteiger partial charge on any atom is -0.326 e. The first-order chi connectivity index (χ1) is 11.2. The molecule has 1 N–H and O–H groups in total. The fourth-order valence-electron chi connectivity index (χ4n) is 3.32. The summed E-state index contributed by atoms with van der Waals surface area (Å²) in [5, 5.41) is 2.68. The first-order valence-electron chi connectivity index (χ1n) is 7.89. The maximum atomic E-state index is 13.6. The predicted octanol–water partition coefficient (Wildman–Crippen LogP) is 1.78. The summed E-state index contributed by atoms with van der Waals surface area (Å²) in [7, 11) is 1.41.